The molecule has 4 nitrogen and oxygen atoms in total. The third kappa shape index (κ3) is 2.45. The average molecular weight is 195 g/mol. The van der Waals surface area contributed by atoms with Crippen LogP contribution in [0.4, 0.5) is 0 Å². The van der Waals surface area contributed by atoms with E-state index in [1.807, 2.05) is 0 Å². The molecule has 0 N–H and O–H groups in total. The summed E-state index contributed by atoms with van der Waals surface area (Å²) in [6, 6.07) is 0. The van der Waals surface area contributed by atoms with Gasteiger partial charge in [0.25, 0.3) is 0 Å². The SMILES string of the molecule is C=C/C(OC1CC1)=C(\N=C)C(=O)OC. The number of allylic oxidation sites excluding steroid dienone is 1. The van der Waals surface area contributed by atoms with Crippen LogP contribution < -0.4 is 0 Å². The molecule has 76 valence electrons. The highest BCUT2D eigenvalue weighted by Gasteiger charge is 2.26. The molecule has 0 bridgehead atoms. The highest BCUT2D eigenvalue weighted by atomic mass is 16.5. The Kier molecular flexibility index (Phi) is 3.45. The molecule has 1 aliphatic carbocycles. The number of hydrogen-bond acceptors (Lipinski definition) is 4. The Hall–Kier alpha value is -1.58. The Balaban J connectivity index is 2.84. The van der Waals surface area contributed by atoms with Gasteiger partial charge in [0.2, 0.25) is 0 Å². The van der Waals surface area contributed by atoms with Crippen LogP contribution in [0.1, 0.15) is 12.8 Å². The molecular formula is C10H13NO3. The van der Waals surface area contributed by atoms with Crippen molar-refractivity contribution in [1.29, 1.82) is 0 Å². The molecule has 1 fully saturated rings. The van der Waals surface area contributed by atoms with Crippen molar-refractivity contribution in [2.75, 3.05) is 7.11 Å². The summed E-state index contributed by atoms with van der Waals surface area (Å²) in [4.78, 5) is 14.8. The molecule has 0 amide bonds. The largest absolute Gasteiger partial charge is 0.488 e. The fourth-order valence-corrected chi connectivity index (χ4v) is 0.906. The third-order valence-electron chi connectivity index (χ3n) is 1.77. The molecule has 0 aliphatic heterocycles. The average Bonchev–Trinajstić information content (AvgIpc) is 3.00. The lowest BCUT2D eigenvalue weighted by Crippen LogP contribution is -2.07. The van der Waals surface area contributed by atoms with Crippen molar-refractivity contribution in [1.82, 2.24) is 0 Å². The van der Waals surface area contributed by atoms with Crippen LogP contribution in [0.15, 0.2) is 29.1 Å². The predicted octanol–water partition coefficient (Wildman–Crippen LogP) is 1.44. The number of carbonyl (C=O) groups excluding carboxylic acids is 1. The number of methoxy groups -OCH3 is 1. The lowest BCUT2D eigenvalue weighted by molar-refractivity contribution is -0.136. The molecule has 1 aliphatic rings. The Bertz CT molecular complexity index is 290. The van der Waals surface area contributed by atoms with E-state index in [-0.39, 0.29) is 11.8 Å². The molecule has 0 aromatic rings. The van der Waals surface area contributed by atoms with E-state index in [4.69, 9.17) is 4.74 Å². The topological polar surface area (TPSA) is 47.9 Å². The van der Waals surface area contributed by atoms with E-state index >= 15 is 0 Å². The van der Waals surface area contributed by atoms with E-state index in [2.05, 4.69) is 23.0 Å². The van der Waals surface area contributed by atoms with Crippen LogP contribution in [-0.2, 0) is 14.3 Å². The van der Waals surface area contributed by atoms with E-state index in [9.17, 15) is 4.79 Å². The van der Waals surface area contributed by atoms with E-state index in [1.54, 1.807) is 0 Å². The Morgan fingerprint density at radius 2 is 2.21 bits per heavy atom. The fraction of sp³-hybridized carbons (Fsp3) is 0.400. The Morgan fingerprint density at radius 1 is 1.57 bits per heavy atom. The quantitative estimate of drug-likeness (QED) is 0.219. The normalized spacial score (nSPS) is 16.6. The van der Waals surface area contributed by atoms with Crippen molar-refractivity contribution >= 4 is 12.7 Å². The summed E-state index contributed by atoms with van der Waals surface area (Å²) >= 11 is 0. The summed E-state index contributed by atoms with van der Waals surface area (Å²) in [5.41, 5.74) is 0.0781. The summed E-state index contributed by atoms with van der Waals surface area (Å²) in [7, 11) is 1.28. The highest BCUT2D eigenvalue weighted by Crippen LogP contribution is 2.28. The van der Waals surface area contributed by atoms with Gasteiger partial charge in [-0.3, -0.25) is 4.99 Å². The van der Waals surface area contributed by atoms with Crippen molar-refractivity contribution in [3.63, 3.8) is 0 Å². The van der Waals surface area contributed by atoms with Crippen LogP contribution in [0.3, 0.4) is 0 Å². The lowest BCUT2D eigenvalue weighted by Gasteiger charge is -2.07. The van der Waals surface area contributed by atoms with Gasteiger partial charge in [-0.25, -0.2) is 4.79 Å². The van der Waals surface area contributed by atoms with Crippen molar-refractivity contribution in [2.24, 2.45) is 4.99 Å². The predicted molar refractivity (Wildman–Crippen MR) is 52.9 cm³/mol. The van der Waals surface area contributed by atoms with Crippen molar-refractivity contribution in [3.05, 3.63) is 24.1 Å². The van der Waals surface area contributed by atoms with Crippen LogP contribution in [0, 0.1) is 0 Å². The molecule has 0 saturated heterocycles. The summed E-state index contributed by atoms with van der Waals surface area (Å²) in [6.07, 6.45) is 3.63. The molecule has 0 aromatic carbocycles. The lowest BCUT2D eigenvalue weighted by atomic mass is 10.3. The second-order valence-corrected chi connectivity index (χ2v) is 2.88. The molecule has 1 saturated carbocycles. The van der Waals surface area contributed by atoms with Gasteiger partial charge in [-0.15, -0.1) is 0 Å². The molecule has 0 unspecified atom stereocenters. The fourth-order valence-electron chi connectivity index (χ4n) is 0.906. The number of hydrogen-bond donors (Lipinski definition) is 0. The number of esters is 1. The summed E-state index contributed by atoms with van der Waals surface area (Å²) in [5.74, 6) is -0.218. The second kappa shape index (κ2) is 4.60. The van der Waals surface area contributed by atoms with Gasteiger partial charge in [0.05, 0.1) is 13.2 Å². The molecule has 0 aromatic heterocycles. The first-order chi connectivity index (χ1) is 6.72. The summed E-state index contributed by atoms with van der Waals surface area (Å²) in [6.45, 7) is 6.84. The molecule has 14 heavy (non-hydrogen) atoms. The third-order valence-corrected chi connectivity index (χ3v) is 1.77. The summed E-state index contributed by atoms with van der Waals surface area (Å²) in [5, 5.41) is 0. The molecule has 0 atom stereocenters. The minimum Gasteiger partial charge on any atom is -0.488 e. The maximum absolute atomic E-state index is 11.2. The van der Waals surface area contributed by atoms with Crippen LogP contribution >= 0.6 is 0 Å². The number of rotatable bonds is 5. The van der Waals surface area contributed by atoms with Gasteiger partial charge < -0.3 is 9.47 Å². The van der Waals surface area contributed by atoms with Gasteiger partial charge in [-0.1, -0.05) is 6.58 Å². The van der Waals surface area contributed by atoms with Gasteiger partial charge in [0, 0.05) is 0 Å². The van der Waals surface area contributed by atoms with Crippen molar-refractivity contribution in [3.8, 4) is 0 Å². The first kappa shape index (κ1) is 10.5. The van der Waals surface area contributed by atoms with Crippen LogP contribution in [0.25, 0.3) is 0 Å². The molecule has 1 rings (SSSR count). The maximum Gasteiger partial charge on any atom is 0.360 e. The van der Waals surface area contributed by atoms with E-state index in [1.165, 1.54) is 13.2 Å². The smallest absolute Gasteiger partial charge is 0.360 e. The number of aliphatic imine (C=N–C) groups is 1. The van der Waals surface area contributed by atoms with E-state index in [0.717, 1.165) is 12.8 Å². The van der Waals surface area contributed by atoms with Crippen molar-refractivity contribution in [2.45, 2.75) is 18.9 Å². The first-order valence-corrected chi connectivity index (χ1v) is 4.31. The Labute approximate surface area is 82.9 Å². The Morgan fingerprint density at radius 3 is 2.57 bits per heavy atom. The van der Waals surface area contributed by atoms with Crippen LogP contribution in [0.2, 0.25) is 0 Å². The van der Waals surface area contributed by atoms with E-state index in [0.29, 0.717) is 5.76 Å². The molecule has 0 radical (unpaired) electrons. The minimum absolute atomic E-state index is 0.0781. The van der Waals surface area contributed by atoms with Crippen LogP contribution in [0.5, 0.6) is 0 Å². The number of ether oxygens (including phenoxy) is 2. The molecule has 0 heterocycles. The maximum atomic E-state index is 11.2. The highest BCUT2D eigenvalue weighted by molar-refractivity contribution is 5.89. The zero-order valence-electron chi connectivity index (χ0n) is 8.16. The monoisotopic (exact) mass is 195 g/mol. The van der Waals surface area contributed by atoms with Gasteiger partial charge in [0.1, 0.15) is 0 Å². The molecule has 4 heteroatoms. The summed E-state index contributed by atoms with van der Waals surface area (Å²) < 4.78 is 9.94. The second-order valence-electron chi connectivity index (χ2n) is 2.88. The van der Waals surface area contributed by atoms with Crippen molar-refractivity contribution < 1.29 is 14.3 Å². The molecular weight excluding hydrogens is 182 g/mol. The first-order valence-electron chi connectivity index (χ1n) is 4.31. The van der Waals surface area contributed by atoms with Gasteiger partial charge in [-0.2, -0.15) is 0 Å². The minimum atomic E-state index is -0.560. The standard InChI is InChI=1S/C10H13NO3/c1-4-8(14-7-5-6-7)9(11-2)10(12)13-3/h4,7H,1-2,5-6H2,3H3/b9-8+. The number of nitrogens with zero attached hydrogens (tertiary/aromatic N) is 1. The van der Waals surface area contributed by atoms with E-state index < -0.39 is 5.97 Å². The van der Waals surface area contributed by atoms with Crippen LogP contribution in [-0.4, -0.2) is 25.9 Å². The molecule has 0 spiro atoms. The van der Waals surface area contributed by atoms with Gasteiger partial charge in [0.15, 0.2) is 11.5 Å². The zero-order chi connectivity index (χ0) is 10.6. The van der Waals surface area contributed by atoms with Gasteiger partial charge in [-0.05, 0) is 25.6 Å². The number of carbonyl (C=O) groups is 1. The zero-order valence-corrected chi connectivity index (χ0v) is 8.16. The van der Waals surface area contributed by atoms with Gasteiger partial charge >= 0.3 is 5.97 Å².